The molecule has 0 bridgehead atoms. The van der Waals surface area contributed by atoms with Gasteiger partial charge in [-0.3, -0.25) is 4.79 Å². The van der Waals surface area contributed by atoms with Crippen molar-refractivity contribution >= 4 is 5.91 Å². The van der Waals surface area contributed by atoms with E-state index in [0.29, 0.717) is 19.0 Å². The van der Waals surface area contributed by atoms with Gasteiger partial charge in [0.1, 0.15) is 5.76 Å². The summed E-state index contributed by atoms with van der Waals surface area (Å²) >= 11 is 0. The molecule has 0 spiro atoms. The van der Waals surface area contributed by atoms with Crippen molar-refractivity contribution in [3.63, 3.8) is 0 Å². The van der Waals surface area contributed by atoms with Crippen molar-refractivity contribution in [2.45, 2.75) is 40.7 Å². The fraction of sp³-hybridized carbons (Fsp3) is 0.692. The Morgan fingerprint density at radius 3 is 2.50 bits per heavy atom. The molecule has 0 saturated carbocycles. The van der Waals surface area contributed by atoms with Gasteiger partial charge in [-0.25, -0.2) is 0 Å². The smallest absolute Gasteiger partial charge is 0.233 e. The van der Waals surface area contributed by atoms with Gasteiger partial charge in [0, 0.05) is 18.2 Å². The second-order valence-electron chi connectivity index (χ2n) is 5.04. The van der Waals surface area contributed by atoms with Gasteiger partial charge in [-0.15, -0.1) is 0 Å². The van der Waals surface area contributed by atoms with Crippen molar-refractivity contribution in [2.24, 2.45) is 5.92 Å². The van der Waals surface area contributed by atoms with Gasteiger partial charge in [-0.05, 0) is 26.7 Å². The summed E-state index contributed by atoms with van der Waals surface area (Å²) in [5.74, 6) is 1.28. The minimum absolute atomic E-state index is 0.0160. The standard InChI is InChI=1S/C13H23N3O2/c1-8(2)6-15-12(17)7-14-9(3)13-10(4)16-18-11(13)5/h8-9,14H,6-7H2,1-5H3,(H,15,17). The molecule has 5 heteroatoms. The molecule has 5 nitrogen and oxygen atoms in total. The summed E-state index contributed by atoms with van der Waals surface area (Å²) in [6.45, 7) is 10.9. The predicted molar refractivity (Wildman–Crippen MR) is 70.2 cm³/mol. The van der Waals surface area contributed by atoms with E-state index in [1.165, 1.54) is 0 Å². The first-order chi connectivity index (χ1) is 8.41. The van der Waals surface area contributed by atoms with E-state index in [0.717, 1.165) is 17.0 Å². The van der Waals surface area contributed by atoms with Gasteiger partial charge >= 0.3 is 0 Å². The Morgan fingerprint density at radius 2 is 2.00 bits per heavy atom. The molecule has 1 atom stereocenters. The van der Waals surface area contributed by atoms with Crippen molar-refractivity contribution in [1.82, 2.24) is 15.8 Å². The summed E-state index contributed by atoms with van der Waals surface area (Å²) in [5.41, 5.74) is 1.90. The van der Waals surface area contributed by atoms with Crippen molar-refractivity contribution in [3.8, 4) is 0 Å². The first-order valence-corrected chi connectivity index (χ1v) is 6.34. The van der Waals surface area contributed by atoms with Crippen LogP contribution in [0.3, 0.4) is 0 Å². The molecule has 1 aromatic rings. The Bertz CT molecular complexity index is 379. The van der Waals surface area contributed by atoms with Gasteiger partial charge in [0.05, 0.1) is 12.2 Å². The van der Waals surface area contributed by atoms with Crippen LogP contribution in [0.4, 0.5) is 0 Å². The third-order valence-corrected chi connectivity index (χ3v) is 2.80. The van der Waals surface area contributed by atoms with Gasteiger partial charge in [0.2, 0.25) is 5.91 Å². The molecule has 0 fully saturated rings. The summed E-state index contributed by atoms with van der Waals surface area (Å²) in [6, 6.07) is 0.0565. The zero-order chi connectivity index (χ0) is 13.7. The minimum Gasteiger partial charge on any atom is -0.361 e. The highest BCUT2D eigenvalue weighted by Crippen LogP contribution is 2.20. The maximum Gasteiger partial charge on any atom is 0.233 e. The van der Waals surface area contributed by atoms with Gasteiger partial charge in [-0.2, -0.15) is 0 Å². The van der Waals surface area contributed by atoms with Crippen LogP contribution in [0.1, 0.15) is 43.8 Å². The number of rotatable bonds is 6. The van der Waals surface area contributed by atoms with Crippen LogP contribution in [0, 0.1) is 19.8 Å². The van der Waals surface area contributed by atoms with E-state index < -0.39 is 0 Å². The Morgan fingerprint density at radius 1 is 1.33 bits per heavy atom. The topological polar surface area (TPSA) is 67.2 Å². The molecule has 0 aliphatic heterocycles. The van der Waals surface area contributed by atoms with Gasteiger partial charge in [0.15, 0.2) is 0 Å². The second-order valence-corrected chi connectivity index (χ2v) is 5.04. The zero-order valence-corrected chi connectivity index (χ0v) is 11.8. The molecule has 0 aliphatic carbocycles. The number of carbonyl (C=O) groups excluding carboxylic acids is 1. The lowest BCUT2D eigenvalue weighted by atomic mass is 10.1. The molecule has 1 amide bonds. The predicted octanol–water partition coefficient (Wildman–Crippen LogP) is 1.71. The van der Waals surface area contributed by atoms with Crippen LogP contribution in [-0.4, -0.2) is 24.2 Å². The Kier molecular flexibility index (Phi) is 5.34. The maximum absolute atomic E-state index is 11.6. The Labute approximate surface area is 108 Å². The first kappa shape index (κ1) is 14.7. The fourth-order valence-electron chi connectivity index (χ4n) is 1.84. The normalized spacial score (nSPS) is 12.8. The molecule has 0 radical (unpaired) electrons. The molecule has 102 valence electrons. The lowest BCUT2D eigenvalue weighted by Gasteiger charge is -2.14. The van der Waals surface area contributed by atoms with Crippen molar-refractivity contribution in [3.05, 3.63) is 17.0 Å². The summed E-state index contributed by atoms with van der Waals surface area (Å²) in [5, 5.41) is 9.96. The highest BCUT2D eigenvalue weighted by Gasteiger charge is 2.16. The lowest BCUT2D eigenvalue weighted by molar-refractivity contribution is -0.120. The number of amides is 1. The van der Waals surface area contributed by atoms with Crippen molar-refractivity contribution in [1.29, 1.82) is 0 Å². The number of aromatic nitrogens is 1. The number of carbonyl (C=O) groups is 1. The van der Waals surface area contributed by atoms with Crippen LogP contribution in [-0.2, 0) is 4.79 Å². The average molecular weight is 253 g/mol. The molecule has 2 N–H and O–H groups in total. The first-order valence-electron chi connectivity index (χ1n) is 6.34. The van der Waals surface area contributed by atoms with Gasteiger partial charge in [0.25, 0.3) is 0 Å². The highest BCUT2D eigenvalue weighted by molar-refractivity contribution is 5.78. The van der Waals surface area contributed by atoms with Crippen LogP contribution in [0.5, 0.6) is 0 Å². The van der Waals surface area contributed by atoms with Crippen LogP contribution in [0.15, 0.2) is 4.52 Å². The van der Waals surface area contributed by atoms with Crippen LogP contribution < -0.4 is 10.6 Å². The van der Waals surface area contributed by atoms with E-state index in [4.69, 9.17) is 4.52 Å². The van der Waals surface area contributed by atoms with E-state index >= 15 is 0 Å². The third kappa shape index (κ3) is 4.14. The quantitative estimate of drug-likeness (QED) is 0.810. The molecule has 1 rings (SSSR count). The van der Waals surface area contributed by atoms with Gasteiger partial charge < -0.3 is 15.2 Å². The van der Waals surface area contributed by atoms with E-state index in [9.17, 15) is 4.79 Å². The second kappa shape index (κ2) is 6.54. The maximum atomic E-state index is 11.6. The van der Waals surface area contributed by atoms with Crippen LogP contribution in [0.25, 0.3) is 0 Å². The molecule has 1 unspecified atom stereocenters. The van der Waals surface area contributed by atoms with E-state index in [1.807, 2.05) is 20.8 Å². The van der Waals surface area contributed by atoms with E-state index in [2.05, 4.69) is 29.6 Å². The molecule has 0 aromatic carbocycles. The third-order valence-electron chi connectivity index (χ3n) is 2.80. The molecule has 18 heavy (non-hydrogen) atoms. The minimum atomic E-state index is 0.0160. The van der Waals surface area contributed by atoms with Crippen molar-refractivity contribution in [2.75, 3.05) is 13.1 Å². The number of aryl methyl sites for hydroxylation is 2. The molecule has 1 heterocycles. The monoisotopic (exact) mass is 253 g/mol. The molecule has 0 aliphatic rings. The number of hydrogen-bond donors (Lipinski definition) is 2. The number of hydrogen-bond acceptors (Lipinski definition) is 4. The SMILES string of the molecule is Cc1noc(C)c1C(C)NCC(=O)NCC(C)C. The largest absolute Gasteiger partial charge is 0.361 e. The zero-order valence-electron chi connectivity index (χ0n) is 11.8. The van der Waals surface area contributed by atoms with E-state index in [-0.39, 0.29) is 11.9 Å². The average Bonchev–Trinajstić information content (AvgIpc) is 2.63. The lowest BCUT2D eigenvalue weighted by Crippen LogP contribution is -2.36. The Hall–Kier alpha value is -1.36. The number of nitrogens with one attached hydrogen (secondary N) is 2. The van der Waals surface area contributed by atoms with Crippen LogP contribution in [0.2, 0.25) is 0 Å². The highest BCUT2D eigenvalue weighted by atomic mass is 16.5. The van der Waals surface area contributed by atoms with E-state index in [1.54, 1.807) is 0 Å². The summed E-state index contributed by atoms with van der Waals surface area (Å²) in [7, 11) is 0. The summed E-state index contributed by atoms with van der Waals surface area (Å²) in [6.07, 6.45) is 0. The Balaban J connectivity index is 2.42. The van der Waals surface area contributed by atoms with Crippen LogP contribution >= 0.6 is 0 Å². The number of nitrogens with zero attached hydrogens (tertiary/aromatic N) is 1. The molecule has 0 saturated heterocycles. The summed E-state index contributed by atoms with van der Waals surface area (Å²) < 4.78 is 5.11. The summed E-state index contributed by atoms with van der Waals surface area (Å²) in [4.78, 5) is 11.6. The fourth-order valence-corrected chi connectivity index (χ4v) is 1.84. The molecule has 1 aromatic heterocycles. The van der Waals surface area contributed by atoms with Gasteiger partial charge in [-0.1, -0.05) is 19.0 Å². The molecular formula is C13H23N3O2. The molecular weight excluding hydrogens is 230 g/mol. The van der Waals surface area contributed by atoms with Crippen molar-refractivity contribution < 1.29 is 9.32 Å².